The molecule has 1 aromatic heterocycles. The average molecular weight is 489 g/mol. The summed E-state index contributed by atoms with van der Waals surface area (Å²) in [6.07, 6.45) is 1.93. The fraction of sp³-hybridized carbons (Fsp3) is 0.471. The molecule has 0 atom stereocenters. The number of carbonyl (C=O) groups excluding carboxylic acids is 1. The van der Waals surface area contributed by atoms with Crippen LogP contribution in [0.5, 0.6) is 0 Å². The number of nitro benzene ring substituents is 1. The van der Waals surface area contributed by atoms with Gasteiger partial charge < -0.3 is 10.2 Å². The Morgan fingerprint density at radius 2 is 2.00 bits per heavy atom. The Balaban J connectivity index is 1.67. The highest BCUT2D eigenvalue weighted by Crippen LogP contribution is 2.32. The van der Waals surface area contributed by atoms with Crippen LogP contribution in [0.25, 0.3) is 0 Å². The molecule has 1 fully saturated rings. The highest BCUT2D eigenvalue weighted by Gasteiger charge is 2.33. The van der Waals surface area contributed by atoms with E-state index in [1.807, 2.05) is 6.92 Å². The Hall–Kier alpha value is -2.35. The number of nitrogens with one attached hydrogen (secondary N) is 1. The van der Waals surface area contributed by atoms with Gasteiger partial charge in [-0.2, -0.15) is 4.31 Å². The third-order valence-corrected chi connectivity index (χ3v) is 8.00. The molecule has 0 spiro atoms. The number of amides is 1. The summed E-state index contributed by atoms with van der Waals surface area (Å²) in [5.41, 5.74) is 0.260. The third-order valence-electron chi connectivity index (χ3n) is 4.68. The molecule has 0 bridgehead atoms. The molecule has 3 rings (SSSR count). The summed E-state index contributed by atoms with van der Waals surface area (Å²) in [5, 5.41) is 21.8. The van der Waals surface area contributed by atoms with E-state index in [4.69, 9.17) is 11.6 Å². The minimum absolute atomic E-state index is 0.125. The topological polar surface area (TPSA) is 139 Å². The minimum Gasteiger partial charge on any atom is -0.363 e. The van der Waals surface area contributed by atoms with Gasteiger partial charge in [0.15, 0.2) is 0 Å². The summed E-state index contributed by atoms with van der Waals surface area (Å²) < 4.78 is 26.9. The first-order valence-corrected chi connectivity index (χ1v) is 12.2. The second-order valence-corrected chi connectivity index (χ2v) is 10.3. The number of piperazine rings is 1. The molecule has 1 N–H and O–H groups in total. The summed E-state index contributed by atoms with van der Waals surface area (Å²) >= 11 is 6.66. The molecule has 14 heteroatoms. The van der Waals surface area contributed by atoms with Crippen molar-refractivity contribution in [3.63, 3.8) is 0 Å². The van der Waals surface area contributed by atoms with E-state index in [1.165, 1.54) is 10.4 Å². The van der Waals surface area contributed by atoms with Gasteiger partial charge in [-0.05, 0) is 18.6 Å². The molecule has 1 aromatic carbocycles. The van der Waals surface area contributed by atoms with Gasteiger partial charge in [0.2, 0.25) is 15.4 Å². The van der Waals surface area contributed by atoms with E-state index in [1.54, 1.807) is 17.0 Å². The minimum atomic E-state index is -3.89. The first-order chi connectivity index (χ1) is 14.7. The monoisotopic (exact) mass is 488 g/mol. The Morgan fingerprint density at radius 3 is 2.65 bits per heavy atom. The summed E-state index contributed by atoms with van der Waals surface area (Å²) in [5.74, 6) is -0.236. The molecule has 2 heterocycles. The Bertz CT molecular complexity index is 1070. The first-order valence-electron chi connectivity index (χ1n) is 9.54. The molecule has 0 aliphatic carbocycles. The van der Waals surface area contributed by atoms with Crippen LogP contribution in [0.2, 0.25) is 5.02 Å². The van der Waals surface area contributed by atoms with Crippen molar-refractivity contribution in [2.75, 3.05) is 36.4 Å². The number of aromatic nitrogens is 2. The van der Waals surface area contributed by atoms with Crippen molar-refractivity contribution < 1.29 is 18.1 Å². The maximum atomic E-state index is 12.9. The van der Waals surface area contributed by atoms with Crippen LogP contribution in [0.1, 0.15) is 26.2 Å². The van der Waals surface area contributed by atoms with E-state index in [2.05, 4.69) is 15.5 Å². The molecule has 11 nitrogen and oxygen atoms in total. The van der Waals surface area contributed by atoms with Crippen molar-refractivity contribution >= 4 is 55.4 Å². The van der Waals surface area contributed by atoms with Gasteiger partial charge in [0.05, 0.1) is 4.92 Å². The second-order valence-electron chi connectivity index (χ2n) is 6.81. The van der Waals surface area contributed by atoms with Crippen molar-refractivity contribution in [2.24, 2.45) is 0 Å². The molecule has 1 aliphatic heterocycles. The molecule has 0 radical (unpaired) electrons. The number of rotatable bonds is 8. The van der Waals surface area contributed by atoms with Gasteiger partial charge in [0.1, 0.15) is 5.69 Å². The maximum absolute atomic E-state index is 12.9. The van der Waals surface area contributed by atoms with Crippen molar-refractivity contribution in [1.82, 2.24) is 14.5 Å². The van der Waals surface area contributed by atoms with Gasteiger partial charge in [0.25, 0.3) is 15.7 Å². The summed E-state index contributed by atoms with van der Waals surface area (Å²) in [6, 6.07) is 4.39. The molecule has 0 saturated carbocycles. The molecule has 1 saturated heterocycles. The zero-order chi connectivity index (χ0) is 22.6. The predicted octanol–water partition coefficient (Wildman–Crippen LogP) is 2.74. The Morgan fingerprint density at radius 1 is 1.29 bits per heavy atom. The molecular formula is C17H21ClN6O5S2. The fourth-order valence-electron chi connectivity index (χ4n) is 3.07. The number of nitrogens with zero attached hydrogens (tertiary/aromatic N) is 5. The standard InChI is InChI=1S/C17H21ClN6O5S2/c1-2-3-4-15(25)19-16-20-21-17(30-16)31(28,29)23-9-7-22(8-10-23)13-6-5-12(18)11-14(13)24(26)27/h5-6,11H,2-4,7-10H2,1H3,(H,19,20,25). The summed E-state index contributed by atoms with van der Waals surface area (Å²) in [4.78, 5) is 24.4. The maximum Gasteiger partial charge on any atom is 0.294 e. The summed E-state index contributed by atoms with van der Waals surface area (Å²) in [6.45, 7) is 2.75. The number of hydrogen-bond acceptors (Lipinski definition) is 9. The van der Waals surface area contributed by atoms with Crippen LogP contribution in [0.3, 0.4) is 0 Å². The number of anilines is 2. The normalized spacial score (nSPS) is 15.1. The lowest BCUT2D eigenvalue weighted by Crippen LogP contribution is -2.48. The summed E-state index contributed by atoms with van der Waals surface area (Å²) in [7, 11) is -3.89. The van der Waals surface area contributed by atoms with Gasteiger partial charge in [-0.15, -0.1) is 10.2 Å². The van der Waals surface area contributed by atoms with Gasteiger partial charge in [-0.1, -0.05) is 36.3 Å². The van der Waals surface area contributed by atoms with Crippen molar-refractivity contribution in [3.8, 4) is 0 Å². The number of sulfonamides is 1. The molecule has 168 valence electrons. The van der Waals surface area contributed by atoms with Crippen LogP contribution in [-0.2, 0) is 14.8 Å². The average Bonchev–Trinajstić information content (AvgIpc) is 3.21. The van der Waals surface area contributed by atoms with Crippen molar-refractivity contribution in [1.29, 1.82) is 0 Å². The number of carbonyl (C=O) groups is 1. The largest absolute Gasteiger partial charge is 0.363 e. The fourth-order valence-corrected chi connectivity index (χ4v) is 5.72. The number of nitro groups is 1. The van der Waals surface area contributed by atoms with Gasteiger partial charge in [0, 0.05) is 43.7 Å². The molecule has 1 amide bonds. The quantitative estimate of drug-likeness (QED) is 0.340. The Labute approximate surface area is 188 Å². The van der Waals surface area contributed by atoms with Crippen LogP contribution in [0.15, 0.2) is 22.5 Å². The third kappa shape index (κ3) is 5.47. The lowest BCUT2D eigenvalue weighted by molar-refractivity contribution is -0.384. The van der Waals surface area contributed by atoms with Gasteiger partial charge in [-0.25, -0.2) is 8.42 Å². The van der Waals surface area contributed by atoms with Crippen LogP contribution in [0.4, 0.5) is 16.5 Å². The highest BCUT2D eigenvalue weighted by atomic mass is 35.5. The van der Waals surface area contributed by atoms with Crippen LogP contribution < -0.4 is 10.2 Å². The van der Waals surface area contributed by atoms with Crippen molar-refractivity contribution in [2.45, 2.75) is 30.5 Å². The van der Waals surface area contributed by atoms with E-state index < -0.39 is 14.9 Å². The molecule has 0 unspecified atom stereocenters. The zero-order valence-corrected chi connectivity index (χ0v) is 19.0. The highest BCUT2D eigenvalue weighted by molar-refractivity contribution is 7.91. The molecule has 1 aliphatic rings. The second kappa shape index (κ2) is 9.85. The first kappa shape index (κ1) is 23.3. The predicted molar refractivity (Wildman–Crippen MR) is 117 cm³/mol. The van der Waals surface area contributed by atoms with Crippen LogP contribution in [-0.4, -0.2) is 59.9 Å². The van der Waals surface area contributed by atoms with Gasteiger partial charge in [-0.3, -0.25) is 14.9 Å². The molecule has 31 heavy (non-hydrogen) atoms. The zero-order valence-electron chi connectivity index (χ0n) is 16.7. The van der Waals surface area contributed by atoms with E-state index in [9.17, 15) is 23.3 Å². The van der Waals surface area contributed by atoms with Gasteiger partial charge >= 0.3 is 0 Å². The number of halogens is 1. The SMILES string of the molecule is CCCCC(=O)Nc1nnc(S(=O)(=O)N2CCN(c3ccc(Cl)cc3[N+](=O)[O-])CC2)s1. The van der Waals surface area contributed by atoms with Crippen LogP contribution in [0, 0.1) is 10.1 Å². The van der Waals surface area contributed by atoms with E-state index in [0.717, 1.165) is 24.2 Å². The number of unbranched alkanes of at least 4 members (excludes halogenated alkanes) is 1. The molecule has 2 aromatic rings. The molecular weight excluding hydrogens is 468 g/mol. The van der Waals surface area contributed by atoms with Crippen molar-refractivity contribution in [3.05, 3.63) is 33.3 Å². The smallest absolute Gasteiger partial charge is 0.294 e. The van der Waals surface area contributed by atoms with E-state index in [0.29, 0.717) is 12.1 Å². The lowest BCUT2D eigenvalue weighted by atomic mass is 10.2. The van der Waals surface area contributed by atoms with Crippen LogP contribution >= 0.6 is 22.9 Å². The lowest BCUT2D eigenvalue weighted by Gasteiger charge is -2.34. The van der Waals surface area contributed by atoms with E-state index in [-0.39, 0.29) is 52.3 Å². The van der Waals surface area contributed by atoms with E-state index >= 15 is 0 Å². The number of hydrogen-bond donors (Lipinski definition) is 1. The Kier molecular flexibility index (Phi) is 7.41. The number of benzene rings is 1.